The van der Waals surface area contributed by atoms with Crippen molar-refractivity contribution < 1.29 is 14.4 Å². The minimum Gasteiger partial charge on any atom is -0.477 e. The van der Waals surface area contributed by atoms with Gasteiger partial charge in [-0.05, 0) is 25.7 Å². The van der Waals surface area contributed by atoms with Gasteiger partial charge in [-0.3, -0.25) is 0 Å². The van der Waals surface area contributed by atoms with E-state index in [-0.39, 0.29) is 6.54 Å². The molecule has 0 aliphatic heterocycles. The van der Waals surface area contributed by atoms with Crippen LogP contribution in [-0.2, 0) is 4.79 Å². The zero-order valence-corrected chi connectivity index (χ0v) is 11.5. The molecule has 17 heavy (non-hydrogen) atoms. The maximum absolute atomic E-state index is 10.6. The smallest absolute Gasteiger partial charge is 0.359 e. The van der Waals surface area contributed by atoms with E-state index in [1.807, 2.05) is 20.2 Å². The lowest BCUT2D eigenvalue weighted by atomic mass is 10.1. The molecule has 0 aliphatic rings. The van der Waals surface area contributed by atoms with E-state index in [1.165, 1.54) is 32.1 Å². The molecule has 0 aromatic carbocycles. The summed E-state index contributed by atoms with van der Waals surface area (Å²) in [6.07, 6.45) is 10.6. The van der Waals surface area contributed by atoms with Gasteiger partial charge in [0.05, 0.1) is 20.6 Å². The maximum atomic E-state index is 10.6. The Balaban J connectivity index is 3.38. The van der Waals surface area contributed by atoms with Crippen LogP contribution in [0.1, 0.15) is 44.9 Å². The van der Waals surface area contributed by atoms with E-state index in [1.54, 1.807) is 0 Å². The topological polar surface area (TPSA) is 37.3 Å². The highest BCUT2D eigenvalue weighted by Crippen LogP contribution is 2.09. The molecule has 0 aliphatic carbocycles. The van der Waals surface area contributed by atoms with Crippen molar-refractivity contribution in [2.45, 2.75) is 44.9 Å². The van der Waals surface area contributed by atoms with Gasteiger partial charge in [0.15, 0.2) is 6.54 Å². The molecule has 0 amide bonds. The molecule has 1 N–H and O–H groups in total. The standard InChI is InChI=1S/C14H27NO2/c1-4-5-6-7-8-9-10-11-12-15(2,3)13-14(16)17/h4H,1,5-13H2,2-3H3/p+1. The van der Waals surface area contributed by atoms with Crippen molar-refractivity contribution in [3.63, 3.8) is 0 Å². The van der Waals surface area contributed by atoms with Crippen LogP contribution in [0.2, 0.25) is 0 Å². The Morgan fingerprint density at radius 1 is 1.12 bits per heavy atom. The van der Waals surface area contributed by atoms with E-state index in [4.69, 9.17) is 5.11 Å². The van der Waals surface area contributed by atoms with Crippen LogP contribution in [0.25, 0.3) is 0 Å². The van der Waals surface area contributed by atoms with Gasteiger partial charge in [0.2, 0.25) is 0 Å². The summed E-state index contributed by atoms with van der Waals surface area (Å²) in [5.41, 5.74) is 0. The Hall–Kier alpha value is -0.830. The second-order valence-corrected chi connectivity index (χ2v) is 5.41. The van der Waals surface area contributed by atoms with E-state index >= 15 is 0 Å². The third-order valence-corrected chi connectivity index (χ3v) is 2.98. The van der Waals surface area contributed by atoms with Crippen molar-refractivity contribution in [1.82, 2.24) is 0 Å². The molecule has 0 spiro atoms. The first-order valence-electron chi connectivity index (χ1n) is 6.62. The predicted molar refractivity (Wildman–Crippen MR) is 72.0 cm³/mol. The fraction of sp³-hybridized carbons (Fsp3) is 0.786. The number of likely N-dealkylation sites (N-methyl/N-ethyl adjacent to an activating group) is 1. The number of quaternary nitrogens is 1. The van der Waals surface area contributed by atoms with Crippen molar-refractivity contribution in [3.8, 4) is 0 Å². The highest BCUT2D eigenvalue weighted by Gasteiger charge is 2.18. The van der Waals surface area contributed by atoms with Crippen LogP contribution < -0.4 is 0 Å². The first-order valence-corrected chi connectivity index (χ1v) is 6.62. The minimum absolute atomic E-state index is 0.222. The van der Waals surface area contributed by atoms with E-state index in [2.05, 4.69) is 6.58 Å². The number of aliphatic carboxylic acids is 1. The Bertz CT molecular complexity index is 224. The fourth-order valence-electron chi connectivity index (χ4n) is 1.98. The zero-order valence-electron chi connectivity index (χ0n) is 11.5. The Kier molecular flexibility index (Phi) is 8.78. The third-order valence-electron chi connectivity index (χ3n) is 2.98. The highest BCUT2D eigenvalue weighted by molar-refractivity contribution is 5.67. The van der Waals surface area contributed by atoms with Crippen molar-refractivity contribution >= 4 is 5.97 Å². The van der Waals surface area contributed by atoms with Gasteiger partial charge in [-0.15, -0.1) is 6.58 Å². The molecular formula is C14H28NO2+. The molecule has 0 heterocycles. The SMILES string of the molecule is C=CCCCCCCCC[N+](C)(C)CC(=O)O. The molecule has 3 nitrogen and oxygen atoms in total. The zero-order chi connectivity index (χ0) is 13.1. The molecule has 0 fully saturated rings. The number of allylic oxidation sites excluding steroid dienone is 1. The van der Waals surface area contributed by atoms with Crippen LogP contribution in [0.4, 0.5) is 0 Å². The molecule has 0 rings (SSSR count). The number of hydrogen-bond donors (Lipinski definition) is 1. The Labute approximate surface area is 106 Å². The molecule has 0 saturated heterocycles. The van der Waals surface area contributed by atoms with Gasteiger partial charge in [0, 0.05) is 0 Å². The Morgan fingerprint density at radius 2 is 1.65 bits per heavy atom. The number of nitrogens with zero attached hydrogens (tertiary/aromatic N) is 1. The first-order chi connectivity index (χ1) is 7.98. The molecule has 0 saturated carbocycles. The molecule has 0 unspecified atom stereocenters. The fourth-order valence-corrected chi connectivity index (χ4v) is 1.98. The summed E-state index contributed by atoms with van der Waals surface area (Å²) in [7, 11) is 3.97. The van der Waals surface area contributed by atoms with E-state index in [0.29, 0.717) is 4.48 Å². The number of carbonyl (C=O) groups is 1. The first kappa shape index (κ1) is 16.2. The van der Waals surface area contributed by atoms with Gasteiger partial charge in [0.25, 0.3) is 0 Å². The summed E-state index contributed by atoms with van der Waals surface area (Å²) in [6, 6.07) is 0. The lowest BCUT2D eigenvalue weighted by molar-refractivity contribution is -0.883. The predicted octanol–water partition coefficient (Wildman–Crippen LogP) is 3.06. The lowest BCUT2D eigenvalue weighted by Gasteiger charge is -2.27. The van der Waals surface area contributed by atoms with Crippen LogP contribution in [-0.4, -0.2) is 42.7 Å². The number of carboxylic acids is 1. The van der Waals surface area contributed by atoms with Crippen molar-refractivity contribution in [1.29, 1.82) is 0 Å². The second-order valence-electron chi connectivity index (χ2n) is 5.41. The van der Waals surface area contributed by atoms with E-state index in [0.717, 1.165) is 19.4 Å². The average Bonchev–Trinajstić information content (AvgIpc) is 2.20. The van der Waals surface area contributed by atoms with E-state index < -0.39 is 5.97 Å². The monoisotopic (exact) mass is 242 g/mol. The molecule has 0 atom stereocenters. The van der Waals surface area contributed by atoms with Crippen LogP contribution >= 0.6 is 0 Å². The number of unbranched alkanes of at least 4 members (excludes halogenated alkanes) is 6. The third kappa shape index (κ3) is 11.4. The summed E-state index contributed by atoms with van der Waals surface area (Å²) >= 11 is 0. The van der Waals surface area contributed by atoms with E-state index in [9.17, 15) is 4.79 Å². The van der Waals surface area contributed by atoms with Gasteiger partial charge in [-0.2, -0.15) is 0 Å². The van der Waals surface area contributed by atoms with Crippen LogP contribution in [0.3, 0.4) is 0 Å². The van der Waals surface area contributed by atoms with Crippen molar-refractivity contribution in [3.05, 3.63) is 12.7 Å². The Morgan fingerprint density at radius 3 is 2.18 bits per heavy atom. The molecule has 3 heteroatoms. The van der Waals surface area contributed by atoms with Crippen LogP contribution in [0.5, 0.6) is 0 Å². The van der Waals surface area contributed by atoms with Gasteiger partial charge < -0.3 is 9.59 Å². The van der Waals surface area contributed by atoms with Gasteiger partial charge in [-0.1, -0.05) is 25.3 Å². The molecule has 0 bridgehead atoms. The van der Waals surface area contributed by atoms with Crippen LogP contribution in [0.15, 0.2) is 12.7 Å². The average molecular weight is 242 g/mol. The second kappa shape index (κ2) is 9.23. The van der Waals surface area contributed by atoms with Crippen molar-refractivity contribution in [2.24, 2.45) is 0 Å². The summed E-state index contributed by atoms with van der Waals surface area (Å²) < 4.78 is 0.589. The minimum atomic E-state index is -0.709. The summed E-state index contributed by atoms with van der Waals surface area (Å²) in [6.45, 7) is 4.89. The normalized spacial score (nSPS) is 11.4. The van der Waals surface area contributed by atoms with Crippen molar-refractivity contribution in [2.75, 3.05) is 27.2 Å². The molecule has 100 valence electrons. The molecule has 0 aromatic rings. The van der Waals surface area contributed by atoms with Crippen LogP contribution in [0, 0.1) is 0 Å². The molecule has 0 radical (unpaired) electrons. The van der Waals surface area contributed by atoms with Gasteiger partial charge >= 0.3 is 5.97 Å². The molecule has 0 aromatic heterocycles. The number of carboxylic acid groups (broad SMARTS) is 1. The maximum Gasteiger partial charge on any atom is 0.359 e. The molecular weight excluding hydrogens is 214 g/mol. The summed E-state index contributed by atoms with van der Waals surface area (Å²) in [5.74, 6) is -0.709. The quantitative estimate of drug-likeness (QED) is 0.343. The largest absolute Gasteiger partial charge is 0.477 e. The number of hydrogen-bond acceptors (Lipinski definition) is 1. The lowest BCUT2D eigenvalue weighted by Crippen LogP contribution is -2.44. The highest BCUT2D eigenvalue weighted by atomic mass is 16.4. The van der Waals surface area contributed by atoms with Gasteiger partial charge in [-0.25, -0.2) is 4.79 Å². The van der Waals surface area contributed by atoms with Gasteiger partial charge in [0.1, 0.15) is 0 Å². The summed E-state index contributed by atoms with van der Waals surface area (Å²) in [5, 5.41) is 8.75. The summed E-state index contributed by atoms with van der Waals surface area (Å²) in [4.78, 5) is 10.6. The number of rotatable bonds is 11.